The molecule has 0 radical (unpaired) electrons. The van der Waals surface area contributed by atoms with Crippen LogP contribution < -0.4 is 15.4 Å². The Hall–Kier alpha value is -3.89. The van der Waals surface area contributed by atoms with Gasteiger partial charge in [-0.15, -0.1) is 13.2 Å². The van der Waals surface area contributed by atoms with Gasteiger partial charge in [0, 0.05) is 41.8 Å². The summed E-state index contributed by atoms with van der Waals surface area (Å²) in [6.07, 6.45) is 1.66. The second-order valence-corrected chi connectivity index (χ2v) is 9.24. The fraction of sp³-hybridized carbons (Fsp3) is 0.346. The molecular formula is C26H25F4N3O4. The maximum absolute atomic E-state index is 14.7. The van der Waals surface area contributed by atoms with Crippen LogP contribution in [0.1, 0.15) is 53.6 Å². The van der Waals surface area contributed by atoms with Gasteiger partial charge < -0.3 is 25.9 Å². The maximum Gasteiger partial charge on any atom is 0.573 e. The second kappa shape index (κ2) is 10.2. The minimum Gasteiger partial charge on any atom is -0.478 e. The molecule has 37 heavy (non-hydrogen) atoms. The zero-order valence-electron chi connectivity index (χ0n) is 19.6. The lowest BCUT2D eigenvalue weighted by Gasteiger charge is -2.25. The third kappa shape index (κ3) is 5.92. The number of hydrogen-bond acceptors (Lipinski definition) is 5. The van der Waals surface area contributed by atoms with Crippen LogP contribution in [-0.2, 0) is 10.2 Å². The smallest absolute Gasteiger partial charge is 0.478 e. The van der Waals surface area contributed by atoms with Gasteiger partial charge in [-0.25, -0.2) is 9.18 Å². The van der Waals surface area contributed by atoms with Gasteiger partial charge in [-0.1, -0.05) is 18.6 Å². The van der Waals surface area contributed by atoms with Gasteiger partial charge in [0.25, 0.3) is 0 Å². The molecule has 0 unspecified atom stereocenters. The molecule has 7 nitrogen and oxygen atoms in total. The van der Waals surface area contributed by atoms with Crippen LogP contribution in [-0.4, -0.2) is 36.1 Å². The summed E-state index contributed by atoms with van der Waals surface area (Å²) in [4.78, 5) is 25.0. The lowest BCUT2D eigenvalue weighted by atomic mass is 9.85. The van der Waals surface area contributed by atoms with Crippen molar-refractivity contribution < 1.29 is 37.0 Å². The average Bonchev–Trinajstić information content (AvgIpc) is 3.59. The summed E-state index contributed by atoms with van der Waals surface area (Å²) in [5.41, 5.74) is -0.690. The van der Waals surface area contributed by atoms with Gasteiger partial charge in [0.15, 0.2) is 0 Å². The predicted molar refractivity (Wildman–Crippen MR) is 128 cm³/mol. The van der Waals surface area contributed by atoms with Gasteiger partial charge in [-0.2, -0.15) is 0 Å². The Morgan fingerprint density at radius 2 is 1.86 bits per heavy atom. The molecule has 11 heteroatoms. The van der Waals surface area contributed by atoms with E-state index < -0.39 is 35.2 Å². The molecule has 0 saturated heterocycles. The molecule has 0 aromatic heterocycles. The first kappa shape index (κ1) is 26.2. The molecule has 196 valence electrons. The number of anilines is 1. The van der Waals surface area contributed by atoms with E-state index in [1.165, 1.54) is 24.6 Å². The molecule has 0 bridgehead atoms. The zero-order chi connectivity index (χ0) is 26.8. The van der Waals surface area contributed by atoms with Crippen molar-refractivity contribution in [3.05, 3.63) is 65.1 Å². The lowest BCUT2D eigenvalue weighted by Crippen LogP contribution is -2.29. The minimum absolute atomic E-state index is 0.0684. The third-order valence-electron chi connectivity index (χ3n) is 6.74. The first-order chi connectivity index (χ1) is 17.5. The van der Waals surface area contributed by atoms with Crippen molar-refractivity contribution in [2.45, 2.75) is 43.9 Å². The normalized spacial score (nSPS) is 16.9. The summed E-state index contributed by atoms with van der Waals surface area (Å²) in [5, 5.41) is 23.2. The van der Waals surface area contributed by atoms with E-state index in [9.17, 15) is 32.3 Å². The number of carboxylic acid groups (broad SMARTS) is 1. The molecule has 2 aliphatic carbocycles. The van der Waals surface area contributed by atoms with E-state index in [1.54, 1.807) is 6.20 Å². The number of carboxylic acids is 1. The highest BCUT2D eigenvalue weighted by Gasteiger charge is 2.53. The van der Waals surface area contributed by atoms with Crippen LogP contribution in [0, 0.1) is 17.1 Å². The van der Waals surface area contributed by atoms with Crippen LogP contribution in [0.3, 0.4) is 0 Å². The molecular weight excluding hydrogens is 494 g/mol. The van der Waals surface area contributed by atoms with Crippen molar-refractivity contribution in [2.75, 3.05) is 11.9 Å². The van der Waals surface area contributed by atoms with Gasteiger partial charge in [-0.3, -0.25) is 4.79 Å². The molecule has 2 aliphatic rings. The molecule has 2 aromatic carbocycles. The quantitative estimate of drug-likeness (QED) is 0.246. The van der Waals surface area contributed by atoms with Crippen LogP contribution >= 0.6 is 0 Å². The first-order valence-electron chi connectivity index (χ1n) is 11.7. The van der Waals surface area contributed by atoms with E-state index in [0.717, 1.165) is 37.7 Å². The number of carbonyl (C=O) groups excluding carboxylic acids is 1. The Kier molecular flexibility index (Phi) is 7.24. The van der Waals surface area contributed by atoms with Crippen molar-refractivity contribution in [1.82, 2.24) is 5.32 Å². The highest BCUT2D eigenvalue weighted by Crippen LogP contribution is 2.50. The first-order valence-corrected chi connectivity index (χ1v) is 11.7. The molecule has 4 N–H and O–H groups in total. The van der Waals surface area contributed by atoms with Crippen LogP contribution in [0.4, 0.5) is 23.2 Å². The fourth-order valence-corrected chi connectivity index (χ4v) is 4.36. The van der Waals surface area contributed by atoms with Crippen molar-refractivity contribution >= 4 is 29.4 Å². The second-order valence-electron chi connectivity index (χ2n) is 9.24. The summed E-state index contributed by atoms with van der Waals surface area (Å²) in [6, 6.07) is 6.83. The minimum atomic E-state index is -4.98. The van der Waals surface area contributed by atoms with Crippen molar-refractivity contribution in [3.8, 4) is 5.75 Å². The van der Waals surface area contributed by atoms with Gasteiger partial charge in [0.05, 0.1) is 11.0 Å². The fourth-order valence-electron chi connectivity index (χ4n) is 4.36. The Bertz CT molecular complexity index is 1250. The number of benzene rings is 2. The van der Waals surface area contributed by atoms with Crippen LogP contribution in [0.5, 0.6) is 5.75 Å². The molecule has 0 atom stereocenters. The number of halogens is 4. The molecule has 0 spiro atoms. The largest absolute Gasteiger partial charge is 0.573 e. The monoisotopic (exact) mass is 519 g/mol. The Balaban J connectivity index is 1.52. The topological polar surface area (TPSA) is 112 Å². The summed E-state index contributed by atoms with van der Waals surface area (Å²) >= 11 is 0. The number of ether oxygens (including phenoxy) is 1. The van der Waals surface area contributed by atoms with Crippen molar-refractivity contribution in [2.24, 2.45) is 5.92 Å². The lowest BCUT2D eigenvalue weighted by molar-refractivity contribution is -0.274. The number of nitrogens with one attached hydrogen (secondary N) is 3. The van der Waals surface area contributed by atoms with E-state index in [4.69, 9.17) is 5.41 Å². The zero-order valence-corrected chi connectivity index (χ0v) is 19.6. The molecule has 2 saturated carbocycles. The van der Waals surface area contributed by atoms with Crippen LogP contribution in [0.2, 0.25) is 0 Å². The number of carbonyl (C=O) groups is 2. The Morgan fingerprint density at radius 1 is 1.14 bits per heavy atom. The van der Waals surface area contributed by atoms with Crippen molar-refractivity contribution in [3.63, 3.8) is 0 Å². The highest BCUT2D eigenvalue weighted by molar-refractivity contribution is 6.12. The van der Waals surface area contributed by atoms with Gasteiger partial charge >= 0.3 is 12.3 Å². The number of aromatic carboxylic acids is 1. The van der Waals surface area contributed by atoms with Crippen molar-refractivity contribution in [1.29, 1.82) is 5.41 Å². The van der Waals surface area contributed by atoms with Crippen LogP contribution in [0.15, 0.2) is 42.6 Å². The number of alkyl halides is 3. The van der Waals surface area contributed by atoms with E-state index >= 15 is 0 Å². The third-order valence-corrected chi connectivity index (χ3v) is 6.74. The van der Waals surface area contributed by atoms with Crippen LogP contribution in [0.25, 0.3) is 5.57 Å². The SMILES string of the molecule is N=C/C(=C\NCC1CCC1)c1ccc(NC(=O)C2(c3ccc(OC(F)(F)F)cc3F)CC2)cc1C(=O)O. The average molecular weight is 519 g/mol. The number of allylic oxidation sites excluding steroid dienone is 1. The molecule has 4 rings (SSSR count). The van der Waals surface area contributed by atoms with E-state index in [2.05, 4.69) is 15.4 Å². The number of rotatable bonds is 10. The highest BCUT2D eigenvalue weighted by atomic mass is 19.4. The van der Waals surface area contributed by atoms with Gasteiger partial charge in [0.1, 0.15) is 11.6 Å². The molecule has 2 fully saturated rings. The summed E-state index contributed by atoms with van der Waals surface area (Å²) in [6.45, 7) is 0.732. The maximum atomic E-state index is 14.7. The predicted octanol–water partition coefficient (Wildman–Crippen LogP) is 5.47. The standard InChI is InChI=1S/C26H25F4N3O4/c27-22-11-18(37-26(28,29)30)5-7-21(22)25(8-9-25)24(36)33-17-4-6-19(20(10-17)23(34)35)16(12-31)14-32-13-15-2-1-3-15/h4-7,10-12,14-15,31-32H,1-3,8-9,13H2,(H,33,36)(H,34,35)/b16-14+,31-12?. The molecule has 1 amide bonds. The molecule has 0 heterocycles. The Morgan fingerprint density at radius 3 is 2.41 bits per heavy atom. The molecule has 2 aromatic rings. The molecule has 0 aliphatic heterocycles. The van der Waals surface area contributed by atoms with Gasteiger partial charge in [-0.05, 0) is 55.4 Å². The number of hydrogen-bond donors (Lipinski definition) is 4. The summed E-state index contributed by atoms with van der Waals surface area (Å²) in [5.74, 6) is -3.04. The van der Waals surface area contributed by atoms with Gasteiger partial charge in [0.2, 0.25) is 5.91 Å². The number of amides is 1. The van der Waals surface area contributed by atoms with E-state index in [1.807, 2.05) is 0 Å². The van der Waals surface area contributed by atoms with E-state index in [0.29, 0.717) is 17.6 Å². The summed E-state index contributed by atoms with van der Waals surface area (Å²) in [7, 11) is 0. The summed E-state index contributed by atoms with van der Waals surface area (Å²) < 4.78 is 55.6. The Labute approximate surface area is 210 Å². The van der Waals surface area contributed by atoms with E-state index in [-0.39, 0.29) is 35.2 Å².